The second kappa shape index (κ2) is 6.04. The Kier molecular flexibility index (Phi) is 4.40. The number of hydrogen-bond donors (Lipinski definition) is 1. The Labute approximate surface area is 118 Å². The molecule has 0 saturated heterocycles. The van der Waals surface area contributed by atoms with Crippen LogP contribution in [0.15, 0.2) is 36.5 Å². The van der Waals surface area contributed by atoms with Gasteiger partial charge in [0, 0.05) is 11.2 Å². The number of pyridine rings is 1. The van der Waals surface area contributed by atoms with Crippen molar-refractivity contribution in [1.29, 1.82) is 0 Å². The first kappa shape index (κ1) is 13.8. The smallest absolute Gasteiger partial charge is 0.142 e. The van der Waals surface area contributed by atoms with Gasteiger partial charge in [0.05, 0.1) is 13.2 Å². The fraction of sp³-hybridized carbons (Fsp3) is 0.267. The summed E-state index contributed by atoms with van der Waals surface area (Å²) in [5, 5.41) is 4.03. The highest BCUT2D eigenvalue weighted by Crippen LogP contribution is 2.31. The van der Waals surface area contributed by atoms with Crippen molar-refractivity contribution >= 4 is 11.6 Å². The van der Waals surface area contributed by atoms with Crippen LogP contribution in [0, 0.1) is 6.92 Å². The van der Waals surface area contributed by atoms with E-state index in [9.17, 15) is 0 Å². The third-order valence-corrected chi connectivity index (χ3v) is 3.61. The van der Waals surface area contributed by atoms with Gasteiger partial charge in [-0.2, -0.15) is 0 Å². The Bertz CT molecular complexity index is 572. The van der Waals surface area contributed by atoms with E-state index in [0.717, 1.165) is 27.6 Å². The van der Waals surface area contributed by atoms with E-state index in [2.05, 4.69) is 16.4 Å². The predicted molar refractivity (Wildman–Crippen MR) is 77.9 cm³/mol. The van der Waals surface area contributed by atoms with Crippen molar-refractivity contribution in [1.82, 2.24) is 10.3 Å². The van der Waals surface area contributed by atoms with Crippen LogP contribution in [-0.4, -0.2) is 19.1 Å². The Balaban J connectivity index is 2.53. The van der Waals surface area contributed by atoms with E-state index in [1.807, 2.05) is 38.2 Å². The first-order valence-corrected chi connectivity index (χ1v) is 6.48. The van der Waals surface area contributed by atoms with Crippen LogP contribution in [0.3, 0.4) is 0 Å². The van der Waals surface area contributed by atoms with Gasteiger partial charge >= 0.3 is 0 Å². The topological polar surface area (TPSA) is 34.2 Å². The molecule has 0 aliphatic heterocycles. The van der Waals surface area contributed by atoms with Crippen molar-refractivity contribution in [2.45, 2.75) is 13.0 Å². The highest BCUT2D eigenvalue weighted by Gasteiger charge is 2.20. The molecule has 0 amide bonds. The van der Waals surface area contributed by atoms with E-state index in [1.54, 1.807) is 13.3 Å². The highest BCUT2D eigenvalue weighted by atomic mass is 35.5. The summed E-state index contributed by atoms with van der Waals surface area (Å²) in [6, 6.07) is 9.62. The summed E-state index contributed by atoms with van der Waals surface area (Å²) in [6.07, 6.45) is 1.77. The van der Waals surface area contributed by atoms with Gasteiger partial charge in [0.2, 0.25) is 0 Å². The summed E-state index contributed by atoms with van der Waals surface area (Å²) < 4.78 is 5.38. The van der Waals surface area contributed by atoms with Crippen molar-refractivity contribution in [2.75, 3.05) is 14.2 Å². The molecule has 0 aliphatic carbocycles. The Morgan fingerprint density at radius 2 is 2.05 bits per heavy atom. The van der Waals surface area contributed by atoms with Crippen LogP contribution in [0.1, 0.15) is 22.9 Å². The minimum absolute atomic E-state index is 0.0464. The predicted octanol–water partition coefficient (Wildman–Crippen LogP) is 3.36. The first-order valence-electron chi connectivity index (χ1n) is 6.10. The molecule has 0 radical (unpaired) electrons. The molecule has 1 aromatic heterocycles. The second-order valence-corrected chi connectivity index (χ2v) is 4.67. The molecule has 0 saturated carbocycles. The number of nitrogens with one attached hydrogen (secondary N) is 1. The van der Waals surface area contributed by atoms with Gasteiger partial charge in [0.1, 0.15) is 11.4 Å². The number of ether oxygens (including phenoxy) is 1. The van der Waals surface area contributed by atoms with Gasteiger partial charge in [-0.3, -0.25) is 4.98 Å². The van der Waals surface area contributed by atoms with E-state index in [1.165, 1.54) is 0 Å². The van der Waals surface area contributed by atoms with Crippen LogP contribution in [-0.2, 0) is 0 Å². The molecule has 19 heavy (non-hydrogen) atoms. The number of benzene rings is 1. The molecule has 3 nitrogen and oxygen atoms in total. The maximum atomic E-state index is 6.20. The molecule has 0 bridgehead atoms. The quantitative estimate of drug-likeness (QED) is 0.930. The Hall–Kier alpha value is -1.58. The standard InChI is InChI=1S/C15H17ClN2O/c1-10-11(6-4-7-12(10)16)14(17-2)15-13(19-3)8-5-9-18-15/h4-9,14,17H,1-3H3. The number of methoxy groups -OCH3 is 1. The molecule has 1 N–H and O–H groups in total. The van der Waals surface area contributed by atoms with Crippen LogP contribution < -0.4 is 10.1 Å². The summed E-state index contributed by atoms with van der Waals surface area (Å²) in [7, 11) is 3.55. The fourth-order valence-electron chi connectivity index (χ4n) is 2.17. The van der Waals surface area contributed by atoms with Crippen molar-refractivity contribution in [3.8, 4) is 5.75 Å². The molecular weight excluding hydrogens is 260 g/mol. The summed E-state index contributed by atoms with van der Waals surface area (Å²) in [4.78, 5) is 4.44. The van der Waals surface area contributed by atoms with Gasteiger partial charge in [-0.15, -0.1) is 0 Å². The zero-order valence-electron chi connectivity index (χ0n) is 11.3. The molecule has 1 unspecified atom stereocenters. The molecule has 1 heterocycles. The zero-order valence-corrected chi connectivity index (χ0v) is 12.0. The monoisotopic (exact) mass is 276 g/mol. The largest absolute Gasteiger partial charge is 0.495 e. The average Bonchev–Trinajstić information content (AvgIpc) is 2.45. The lowest BCUT2D eigenvalue weighted by molar-refractivity contribution is 0.401. The highest BCUT2D eigenvalue weighted by molar-refractivity contribution is 6.31. The summed E-state index contributed by atoms with van der Waals surface area (Å²) in [5.41, 5.74) is 3.01. The fourth-order valence-corrected chi connectivity index (χ4v) is 2.35. The van der Waals surface area contributed by atoms with Gasteiger partial charge in [-0.1, -0.05) is 23.7 Å². The summed E-state index contributed by atoms with van der Waals surface area (Å²) >= 11 is 6.20. The maximum absolute atomic E-state index is 6.20. The van der Waals surface area contributed by atoms with Gasteiger partial charge < -0.3 is 10.1 Å². The molecular formula is C15H17ClN2O. The molecule has 2 aromatic rings. The van der Waals surface area contributed by atoms with E-state index in [4.69, 9.17) is 16.3 Å². The lowest BCUT2D eigenvalue weighted by atomic mass is 9.98. The SMILES string of the molecule is CNC(c1cccc(Cl)c1C)c1ncccc1OC. The summed E-state index contributed by atoms with van der Waals surface area (Å²) in [6.45, 7) is 2.01. The third-order valence-electron chi connectivity index (χ3n) is 3.20. The van der Waals surface area contributed by atoms with Crippen molar-refractivity contribution in [3.05, 3.63) is 58.4 Å². The minimum Gasteiger partial charge on any atom is -0.495 e. The van der Waals surface area contributed by atoms with Gasteiger partial charge in [-0.05, 0) is 43.3 Å². The van der Waals surface area contributed by atoms with Crippen LogP contribution in [0.2, 0.25) is 5.02 Å². The molecule has 100 valence electrons. The van der Waals surface area contributed by atoms with Gasteiger partial charge in [0.15, 0.2) is 0 Å². The number of rotatable bonds is 4. The normalized spacial score (nSPS) is 12.2. The van der Waals surface area contributed by atoms with E-state index < -0.39 is 0 Å². The number of nitrogens with zero attached hydrogens (tertiary/aromatic N) is 1. The minimum atomic E-state index is -0.0464. The van der Waals surface area contributed by atoms with Crippen molar-refractivity contribution < 1.29 is 4.74 Å². The molecule has 1 aromatic carbocycles. The molecule has 0 aliphatic rings. The number of halogens is 1. The van der Waals surface area contributed by atoms with E-state index in [-0.39, 0.29) is 6.04 Å². The van der Waals surface area contributed by atoms with Crippen LogP contribution >= 0.6 is 11.6 Å². The van der Waals surface area contributed by atoms with Gasteiger partial charge in [0.25, 0.3) is 0 Å². The van der Waals surface area contributed by atoms with E-state index in [0.29, 0.717) is 0 Å². The second-order valence-electron chi connectivity index (χ2n) is 4.27. The van der Waals surface area contributed by atoms with Crippen LogP contribution in [0.25, 0.3) is 0 Å². The lowest BCUT2D eigenvalue weighted by Crippen LogP contribution is -2.20. The first-order chi connectivity index (χ1) is 9.19. The third kappa shape index (κ3) is 2.72. The lowest BCUT2D eigenvalue weighted by Gasteiger charge is -2.20. The summed E-state index contributed by atoms with van der Waals surface area (Å²) in [5.74, 6) is 0.765. The molecule has 0 fully saturated rings. The van der Waals surface area contributed by atoms with E-state index >= 15 is 0 Å². The van der Waals surface area contributed by atoms with Gasteiger partial charge in [-0.25, -0.2) is 0 Å². The van der Waals surface area contributed by atoms with Crippen molar-refractivity contribution in [2.24, 2.45) is 0 Å². The molecule has 4 heteroatoms. The zero-order chi connectivity index (χ0) is 13.8. The van der Waals surface area contributed by atoms with Crippen LogP contribution in [0.5, 0.6) is 5.75 Å². The molecule has 2 rings (SSSR count). The van der Waals surface area contributed by atoms with Crippen molar-refractivity contribution in [3.63, 3.8) is 0 Å². The Morgan fingerprint density at radius 3 is 2.74 bits per heavy atom. The van der Waals surface area contributed by atoms with Crippen LogP contribution in [0.4, 0.5) is 0 Å². The molecule has 0 spiro atoms. The number of hydrogen-bond acceptors (Lipinski definition) is 3. The molecule has 1 atom stereocenters. The maximum Gasteiger partial charge on any atom is 0.142 e. The average molecular weight is 277 g/mol. The Morgan fingerprint density at radius 1 is 1.26 bits per heavy atom. The number of aromatic nitrogens is 1.